The summed E-state index contributed by atoms with van der Waals surface area (Å²) in [6.45, 7) is 7.41. The van der Waals surface area contributed by atoms with Gasteiger partial charge in [0.2, 0.25) is 0 Å². The van der Waals surface area contributed by atoms with Gasteiger partial charge >= 0.3 is 0 Å². The van der Waals surface area contributed by atoms with E-state index < -0.39 is 0 Å². The zero-order valence-corrected chi connectivity index (χ0v) is 16.8. The highest BCUT2D eigenvalue weighted by Crippen LogP contribution is 2.29. The van der Waals surface area contributed by atoms with Crippen LogP contribution in [0.15, 0.2) is 29.2 Å². The van der Waals surface area contributed by atoms with E-state index in [1.54, 1.807) is 14.2 Å². The smallest absolute Gasteiger partial charge is 0.291 e. The average Bonchev–Trinajstić information content (AvgIpc) is 2.68. The van der Waals surface area contributed by atoms with Gasteiger partial charge in [-0.2, -0.15) is 5.10 Å². The Morgan fingerprint density at radius 1 is 1.26 bits per heavy atom. The summed E-state index contributed by atoms with van der Waals surface area (Å²) in [6, 6.07) is 6.27. The molecule has 1 aromatic heterocycles. The number of halogens is 1. The van der Waals surface area contributed by atoms with Crippen LogP contribution >= 0.6 is 11.6 Å². The summed E-state index contributed by atoms with van der Waals surface area (Å²) >= 11 is 6.08. The van der Waals surface area contributed by atoms with Gasteiger partial charge in [-0.25, -0.2) is 4.68 Å². The molecule has 2 heterocycles. The molecular formula is C19H26ClN5O2. The lowest BCUT2D eigenvalue weighted by Gasteiger charge is -2.36. The molecule has 1 saturated heterocycles. The van der Waals surface area contributed by atoms with Crippen molar-refractivity contribution in [3.8, 4) is 5.75 Å². The first-order chi connectivity index (χ1) is 13.0. The Morgan fingerprint density at radius 2 is 2.00 bits per heavy atom. The first-order valence-electron chi connectivity index (χ1n) is 9.07. The van der Waals surface area contributed by atoms with E-state index in [1.807, 2.05) is 6.07 Å². The fourth-order valence-electron chi connectivity index (χ4n) is 3.28. The Balaban J connectivity index is 1.53. The van der Waals surface area contributed by atoms with Gasteiger partial charge in [-0.3, -0.25) is 9.69 Å². The zero-order valence-electron chi connectivity index (χ0n) is 16.0. The standard InChI is InChI=1S/C19H26ClN5O2/c1-14-4-5-17(27-3)16(12-14)25-10-8-24(9-11-25)7-6-21-18-15(20)13-22-23(2)19(18)26/h4-5,12-13,21H,6-11H2,1-3H3. The van der Waals surface area contributed by atoms with Crippen molar-refractivity contribution in [1.82, 2.24) is 14.7 Å². The van der Waals surface area contributed by atoms with Crippen LogP contribution in [-0.4, -0.2) is 61.1 Å². The number of aryl methyl sites for hydroxylation is 2. The Hall–Kier alpha value is -2.25. The lowest BCUT2D eigenvalue weighted by Crippen LogP contribution is -2.47. The van der Waals surface area contributed by atoms with Gasteiger partial charge in [0, 0.05) is 46.3 Å². The second-order valence-electron chi connectivity index (χ2n) is 6.73. The monoisotopic (exact) mass is 391 g/mol. The number of benzene rings is 1. The maximum Gasteiger partial charge on any atom is 0.291 e. The molecule has 3 rings (SSSR count). The van der Waals surface area contributed by atoms with Gasteiger partial charge in [0.1, 0.15) is 11.4 Å². The van der Waals surface area contributed by atoms with Crippen LogP contribution in [0.4, 0.5) is 11.4 Å². The number of hydrogen-bond donors (Lipinski definition) is 1. The van der Waals surface area contributed by atoms with Crippen LogP contribution in [0.3, 0.4) is 0 Å². The predicted molar refractivity (Wildman–Crippen MR) is 109 cm³/mol. The van der Waals surface area contributed by atoms with Crippen molar-refractivity contribution in [2.45, 2.75) is 6.92 Å². The molecule has 0 unspecified atom stereocenters. The van der Waals surface area contributed by atoms with Crippen LogP contribution in [0.2, 0.25) is 5.02 Å². The fourth-order valence-corrected chi connectivity index (χ4v) is 3.47. The van der Waals surface area contributed by atoms with Crippen LogP contribution in [0.25, 0.3) is 0 Å². The molecule has 27 heavy (non-hydrogen) atoms. The van der Waals surface area contributed by atoms with E-state index in [4.69, 9.17) is 16.3 Å². The van der Waals surface area contributed by atoms with E-state index in [1.165, 1.54) is 16.4 Å². The summed E-state index contributed by atoms with van der Waals surface area (Å²) < 4.78 is 6.79. The number of ether oxygens (including phenoxy) is 1. The molecule has 2 aromatic rings. The van der Waals surface area contributed by atoms with Crippen LogP contribution in [0.5, 0.6) is 5.75 Å². The highest BCUT2D eigenvalue weighted by atomic mass is 35.5. The molecule has 0 aliphatic carbocycles. The SMILES string of the molecule is COc1ccc(C)cc1N1CCN(CCNc2c(Cl)cnn(C)c2=O)CC1. The van der Waals surface area contributed by atoms with Crippen molar-refractivity contribution >= 4 is 23.0 Å². The van der Waals surface area contributed by atoms with Crippen molar-refractivity contribution < 1.29 is 4.74 Å². The van der Waals surface area contributed by atoms with E-state index in [0.717, 1.165) is 44.2 Å². The number of nitrogens with one attached hydrogen (secondary N) is 1. The Morgan fingerprint density at radius 3 is 2.70 bits per heavy atom. The Kier molecular flexibility index (Phi) is 6.23. The third-order valence-electron chi connectivity index (χ3n) is 4.87. The van der Waals surface area contributed by atoms with Gasteiger partial charge in [-0.1, -0.05) is 17.7 Å². The third kappa shape index (κ3) is 4.54. The van der Waals surface area contributed by atoms with Crippen molar-refractivity contribution in [2.24, 2.45) is 7.05 Å². The molecule has 1 aromatic carbocycles. The molecule has 1 N–H and O–H groups in total. The topological polar surface area (TPSA) is 62.6 Å². The molecule has 0 bridgehead atoms. The summed E-state index contributed by atoms with van der Waals surface area (Å²) in [4.78, 5) is 16.8. The number of rotatable bonds is 6. The van der Waals surface area contributed by atoms with Crippen molar-refractivity contribution in [3.05, 3.63) is 45.3 Å². The normalized spacial score (nSPS) is 15.0. The largest absolute Gasteiger partial charge is 0.495 e. The summed E-state index contributed by atoms with van der Waals surface area (Å²) in [5.41, 5.74) is 2.59. The van der Waals surface area contributed by atoms with Gasteiger partial charge < -0.3 is 15.0 Å². The quantitative estimate of drug-likeness (QED) is 0.812. The maximum atomic E-state index is 12.1. The predicted octanol–water partition coefficient (Wildman–Crippen LogP) is 1.98. The average molecular weight is 392 g/mol. The lowest BCUT2D eigenvalue weighted by molar-refractivity contribution is 0.266. The molecule has 0 spiro atoms. The first-order valence-corrected chi connectivity index (χ1v) is 9.45. The van der Waals surface area contributed by atoms with Crippen LogP contribution in [0, 0.1) is 6.92 Å². The molecule has 146 valence electrons. The van der Waals surface area contributed by atoms with E-state index in [-0.39, 0.29) is 5.56 Å². The molecule has 0 radical (unpaired) electrons. The second-order valence-corrected chi connectivity index (χ2v) is 7.13. The van der Waals surface area contributed by atoms with Gasteiger partial charge in [0.25, 0.3) is 5.56 Å². The Labute approximate surface area is 164 Å². The van der Waals surface area contributed by atoms with Gasteiger partial charge in [0.05, 0.1) is 24.0 Å². The number of hydrogen-bond acceptors (Lipinski definition) is 6. The second kappa shape index (κ2) is 8.63. The van der Waals surface area contributed by atoms with E-state index in [9.17, 15) is 4.79 Å². The number of piperazine rings is 1. The highest BCUT2D eigenvalue weighted by Gasteiger charge is 2.19. The van der Waals surface area contributed by atoms with Crippen molar-refractivity contribution in [3.63, 3.8) is 0 Å². The number of nitrogens with zero attached hydrogens (tertiary/aromatic N) is 4. The van der Waals surface area contributed by atoms with Gasteiger partial charge in [-0.15, -0.1) is 0 Å². The van der Waals surface area contributed by atoms with Crippen LogP contribution in [-0.2, 0) is 7.05 Å². The van der Waals surface area contributed by atoms with Crippen molar-refractivity contribution in [2.75, 3.05) is 56.6 Å². The molecule has 8 heteroatoms. The number of methoxy groups -OCH3 is 1. The minimum absolute atomic E-state index is 0.209. The number of anilines is 2. The molecule has 7 nitrogen and oxygen atoms in total. The van der Waals surface area contributed by atoms with E-state index in [2.05, 4.69) is 39.3 Å². The third-order valence-corrected chi connectivity index (χ3v) is 5.15. The molecule has 0 saturated carbocycles. The van der Waals surface area contributed by atoms with Gasteiger partial charge in [-0.05, 0) is 24.6 Å². The molecule has 1 aliphatic rings. The summed E-state index contributed by atoms with van der Waals surface area (Å²) in [7, 11) is 3.33. The van der Waals surface area contributed by atoms with E-state index in [0.29, 0.717) is 17.3 Å². The first kappa shape index (κ1) is 19.5. The van der Waals surface area contributed by atoms with E-state index >= 15 is 0 Å². The molecule has 0 atom stereocenters. The fraction of sp³-hybridized carbons (Fsp3) is 0.474. The lowest BCUT2D eigenvalue weighted by atomic mass is 10.1. The molecule has 1 aliphatic heterocycles. The van der Waals surface area contributed by atoms with Crippen LogP contribution in [0.1, 0.15) is 5.56 Å². The number of aromatic nitrogens is 2. The summed E-state index contributed by atoms with van der Waals surface area (Å²) in [5.74, 6) is 0.916. The zero-order chi connectivity index (χ0) is 19.4. The van der Waals surface area contributed by atoms with Crippen molar-refractivity contribution in [1.29, 1.82) is 0 Å². The minimum Gasteiger partial charge on any atom is -0.495 e. The summed E-state index contributed by atoms with van der Waals surface area (Å²) in [5, 5.41) is 7.41. The molecular weight excluding hydrogens is 366 g/mol. The maximum absolute atomic E-state index is 12.1. The molecule has 1 fully saturated rings. The molecule has 0 amide bonds. The Bertz CT molecular complexity index is 846. The van der Waals surface area contributed by atoms with Gasteiger partial charge in [0.15, 0.2) is 0 Å². The summed E-state index contributed by atoms with van der Waals surface area (Å²) in [6.07, 6.45) is 1.49. The van der Waals surface area contributed by atoms with Crippen LogP contribution < -0.4 is 20.5 Å². The highest BCUT2D eigenvalue weighted by molar-refractivity contribution is 6.32. The minimum atomic E-state index is -0.209.